The first-order chi connectivity index (χ1) is 12.3. The lowest BCUT2D eigenvalue weighted by atomic mass is 9.97. The van der Waals surface area contributed by atoms with Crippen molar-refractivity contribution >= 4 is 0 Å². The lowest BCUT2D eigenvalue weighted by Gasteiger charge is -2.17. The number of benzene rings is 3. The Labute approximate surface area is 149 Å². The van der Waals surface area contributed by atoms with Gasteiger partial charge in [0.25, 0.3) is 0 Å². The van der Waals surface area contributed by atoms with E-state index in [0.29, 0.717) is 6.61 Å². The molecule has 0 spiro atoms. The van der Waals surface area contributed by atoms with Gasteiger partial charge in [-0.2, -0.15) is 0 Å². The van der Waals surface area contributed by atoms with Gasteiger partial charge < -0.3 is 10.1 Å². The van der Waals surface area contributed by atoms with E-state index in [0.717, 1.165) is 11.3 Å². The maximum Gasteiger partial charge on any atom is 0.127 e. The maximum absolute atomic E-state index is 6.13. The van der Waals surface area contributed by atoms with Crippen LogP contribution in [0, 0.1) is 0 Å². The zero-order valence-electron chi connectivity index (χ0n) is 14.5. The van der Waals surface area contributed by atoms with Gasteiger partial charge in [0.05, 0.1) is 0 Å². The summed E-state index contributed by atoms with van der Waals surface area (Å²) < 4.78 is 6.13. The van der Waals surface area contributed by atoms with Crippen molar-refractivity contribution in [2.75, 3.05) is 7.05 Å². The number of para-hydroxylation sites is 1. The summed E-state index contributed by atoms with van der Waals surface area (Å²) in [7, 11) is 2.05. The fourth-order valence-electron chi connectivity index (χ4n) is 3.36. The van der Waals surface area contributed by atoms with Gasteiger partial charge in [0, 0.05) is 11.1 Å². The first kappa shape index (κ1) is 15.9. The quantitative estimate of drug-likeness (QED) is 0.676. The molecule has 1 aliphatic rings. The highest BCUT2D eigenvalue weighted by molar-refractivity contribution is 5.71. The topological polar surface area (TPSA) is 21.3 Å². The molecule has 2 heteroatoms. The fourth-order valence-corrected chi connectivity index (χ4v) is 3.36. The van der Waals surface area contributed by atoms with Gasteiger partial charge in [-0.25, -0.2) is 0 Å². The third-order valence-corrected chi connectivity index (χ3v) is 5.08. The molecule has 4 rings (SSSR count). The molecular formula is C23H23NO. The van der Waals surface area contributed by atoms with Gasteiger partial charge in [0.1, 0.15) is 12.4 Å². The Morgan fingerprint density at radius 2 is 1.64 bits per heavy atom. The zero-order valence-corrected chi connectivity index (χ0v) is 14.5. The van der Waals surface area contributed by atoms with E-state index < -0.39 is 0 Å². The van der Waals surface area contributed by atoms with Crippen molar-refractivity contribution in [3.8, 4) is 16.9 Å². The van der Waals surface area contributed by atoms with Crippen LogP contribution in [0.1, 0.15) is 24.0 Å². The fraction of sp³-hybridized carbons (Fsp3) is 0.217. The number of ether oxygens (including phenoxy) is 1. The van der Waals surface area contributed by atoms with Crippen molar-refractivity contribution in [1.29, 1.82) is 0 Å². The van der Waals surface area contributed by atoms with Crippen LogP contribution < -0.4 is 10.1 Å². The number of hydrogen-bond acceptors (Lipinski definition) is 2. The Morgan fingerprint density at radius 3 is 2.40 bits per heavy atom. The third-order valence-electron chi connectivity index (χ3n) is 5.08. The summed E-state index contributed by atoms with van der Waals surface area (Å²) >= 11 is 0. The molecule has 0 unspecified atom stereocenters. The van der Waals surface area contributed by atoms with E-state index in [9.17, 15) is 0 Å². The first-order valence-electron chi connectivity index (χ1n) is 8.86. The van der Waals surface area contributed by atoms with Crippen molar-refractivity contribution < 1.29 is 4.74 Å². The number of rotatable bonds is 6. The van der Waals surface area contributed by atoms with Crippen LogP contribution in [0.2, 0.25) is 0 Å². The lowest BCUT2D eigenvalue weighted by molar-refractivity contribution is 0.307. The van der Waals surface area contributed by atoms with Gasteiger partial charge >= 0.3 is 0 Å². The third kappa shape index (κ3) is 3.31. The normalized spacial score (nSPS) is 14.9. The smallest absolute Gasteiger partial charge is 0.127 e. The van der Waals surface area contributed by atoms with Crippen LogP contribution in [0.15, 0.2) is 78.9 Å². The lowest BCUT2D eigenvalue weighted by Crippen LogP contribution is -2.24. The predicted octanol–water partition coefficient (Wildman–Crippen LogP) is 5.14. The van der Waals surface area contributed by atoms with Crippen LogP contribution in [0.25, 0.3) is 11.1 Å². The molecule has 0 heterocycles. The Morgan fingerprint density at radius 1 is 0.880 bits per heavy atom. The average Bonchev–Trinajstić information content (AvgIpc) is 3.49. The summed E-state index contributed by atoms with van der Waals surface area (Å²) in [6, 6.07) is 27.4. The molecule has 0 bridgehead atoms. The summed E-state index contributed by atoms with van der Waals surface area (Å²) in [4.78, 5) is 0. The molecule has 1 N–H and O–H groups in total. The highest BCUT2D eigenvalue weighted by Crippen LogP contribution is 2.46. The van der Waals surface area contributed by atoms with Gasteiger partial charge in [-0.3, -0.25) is 0 Å². The summed E-state index contributed by atoms with van der Waals surface area (Å²) in [6.07, 6.45) is 2.41. The molecule has 2 nitrogen and oxygen atoms in total. The van der Waals surface area contributed by atoms with Crippen LogP contribution >= 0.6 is 0 Å². The minimum absolute atomic E-state index is 0.176. The van der Waals surface area contributed by atoms with E-state index in [4.69, 9.17) is 4.74 Å². The van der Waals surface area contributed by atoms with Crippen molar-refractivity contribution in [2.45, 2.75) is 25.0 Å². The second-order valence-electron chi connectivity index (χ2n) is 6.68. The van der Waals surface area contributed by atoms with Crippen LogP contribution in [0.4, 0.5) is 0 Å². The molecule has 1 fully saturated rings. The first-order valence-corrected chi connectivity index (χ1v) is 8.86. The molecule has 0 atom stereocenters. The highest BCUT2D eigenvalue weighted by Gasteiger charge is 2.42. The van der Waals surface area contributed by atoms with Crippen molar-refractivity contribution in [1.82, 2.24) is 5.32 Å². The summed E-state index contributed by atoms with van der Waals surface area (Å²) in [5.74, 6) is 0.929. The number of nitrogens with one attached hydrogen (secondary N) is 1. The maximum atomic E-state index is 6.13. The van der Waals surface area contributed by atoms with Gasteiger partial charge in [-0.1, -0.05) is 66.7 Å². The Balaban J connectivity index is 1.62. The summed E-state index contributed by atoms with van der Waals surface area (Å²) in [5.41, 5.74) is 5.08. The minimum Gasteiger partial charge on any atom is -0.488 e. The Bertz CT molecular complexity index is 853. The average molecular weight is 329 g/mol. The molecule has 126 valence electrons. The van der Waals surface area contributed by atoms with Gasteiger partial charge in [0.2, 0.25) is 0 Å². The molecule has 3 aromatic rings. The van der Waals surface area contributed by atoms with Crippen LogP contribution in [0.3, 0.4) is 0 Å². The standard InChI is InChI=1S/C23H23NO/c1-24-23(14-15-23)20-11-7-10-19(16-20)21-12-5-6-13-22(21)25-17-18-8-3-2-4-9-18/h2-13,16,24H,14-15,17H2,1H3. The molecule has 0 aromatic heterocycles. The van der Waals surface area contributed by atoms with E-state index in [1.54, 1.807) is 0 Å². The van der Waals surface area contributed by atoms with E-state index in [2.05, 4.69) is 67.0 Å². The summed E-state index contributed by atoms with van der Waals surface area (Å²) in [5, 5.41) is 3.48. The zero-order chi connectivity index (χ0) is 17.1. The highest BCUT2D eigenvalue weighted by atomic mass is 16.5. The second-order valence-corrected chi connectivity index (χ2v) is 6.68. The Kier molecular flexibility index (Phi) is 4.29. The second kappa shape index (κ2) is 6.73. The van der Waals surface area contributed by atoms with Gasteiger partial charge in [-0.05, 0) is 48.7 Å². The molecule has 0 aliphatic heterocycles. The molecule has 1 saturated carbocycles. The minimum atomic E-state index is 0.176. The van der Waals surface area contributed by atoms with E-state index in [1.165, 1.54) is 29.5 Å². The predicted molar refractivity (Wildman–Crippen MR) is 103 cm³/mol. The van der Waals surface area contributed by atoms with E-state index in [1.807, 2.05) is 24.3 Å². The van der Waals surface area contributed by atoms with E-state index in [-0.39, 0.29) is 5.54 Å². The Hall–Kier alpha value is -2.58. The molecule has 0 amide bonds. The molecule has 1 aliphatic carbocycles. The monoisotopic (exact) mass is 329 g/mol. The van der Waals surface area contributed by atoms with Gasteiger partial charge in [0.15, 0.2) is 0 Å². The molecule has 3 aromatic carbocycles. The SMILES string of the molecule is CNC1(c2cccc(-c3ccccc3OCc3ccccc3)c2)CC1. The van der Waals surface area contributed by atoms with Crippen LogP contribution in [-0.4, -0.2) is 7.05 Å². The number of hydrogen-bond donors (Lipinski definition) is 1. The van der Waals surface area contributed by atoms with Crippen molar-refractivity contribution in [3.63, 3.8) is 0 Å². The van der Waals surface area contributed by atoms with Crippen molar-refractivity contribution in [2.24, 2.45) is 0 Å². The molecule has 0 saturated heterocycles. The molecular weight excluding hydrogens is 306 g/mol. The molecule has 0 radical (unpaired) electrons. The van der Waals surface area contributed by atoms with E-state index >= 15 is 0 Å². The largest absolute Gasteiger partial charge is 0.488 e. The summed E-state index contributed by atoms with van der Waals surface area (Å²) in [6.45, 7) is 0.581. The molecule has 25 heavy (non-hydrogen) atoms. The van der Waals surface area contributed by atoms with Crippen molar-refractivity contribution in [3.05, 3.63) is 90.0 Å². The van der Waals surface area contributed by atoms with Crippen LogP contribution in [0.5, 0.6) is 5.75 Å². The van der Waals surface area contributed by atoms with Gasteiger partial charge in [-0.15, -0.1) is 0 Å². The van der Waals surface area contributed by atoms with Crippen LogP contribution in [-0.2, 0) is 12.1 Å².